The molecular weight excluding hydrogens is 350 g/mol. The van der Waals surface area contributed by atoms with E-state index in [-0.39, 0.29) is 22.6 Å². The molecule has 0 spiro atoms. The minimum Gasteiger partial charge on any atom is -0.744 e. The maximum Gasteiger partial charge on any atom is 0.221 e. The molecule has 144 valence electrons. The first-order valence-electron chi connectivity index (χ1n) is 9.77. The molecule has 2 aliphatic rings. The van der Waals surface area contributed by atoms with E-state index in [1.807, 2.05) is 0 Å². The summed E-state index contributed by atoms with van der Waals surface area (Å²) in [6, 6.07) is 3.46. The summed E-state index contributed by atoms with van der Waals surface area (Å²) in [6.07, 6.45) is 10.1. The smallest absolute Gasteiger partial charge is 0.221 e. The van der Waals surface area contributed by atoms with Gasteiger partial charge in [0.25, 0.3) is 0 Å². The van der Waals surface area contributed by atoms with E-state index in [9.17, 15) is 17.8 Å². The van der Waals surface area contributed by atoms with Crippen LogP contribution < -0.4 is 5.32 Å². The van der Waals surface area contributed by atoms with Crippen molar-refractivity contribution in [3.8, 4) is 0 Å². The van der Waals surface area contributed by atoms with E-state index in [2.05, 4.69) is 5.32 Å². The highest BCUT2D eigenvalue weighted by Gasteiger charge is 2.28. The molecule has 1 N–H and O–H groups in total. The quantitative estimate of drug-likeness (QED) is 0.773. The third-order valence-electron chi connectivity index (χ3n) is 5.81. The lowest BCUT2D eigenvalue weighted by Crippen LogP contribution is -2.18. The maximum absolute atomic E-state index is 12.3. The van der Waals surface area contributed by atoms with Gasteiger partial charge in [0.1, 0.15) is 10.1 Å². The van der Waals surface area contributed by atoms with Gasteiger partial charge < -0.3 is 9.87 Å². The highest BCUT2D eigenvalue weighted by atomic mass is 32.2. The summed E-state index contributed by atoms with van der Waals surface area (Å²) >= 11 is 0. The molecule has 0 aromatic heterocycles. The highest BCUT2D eigenvalue weighted by molar-refractivity contribution is 7.85. The lowest BCUT2D eigenvalue weighted by atomic mass is 9.79. The molecule has 2 saturated carbocycles. The van der Waals surface area contributed by atoms with Crippen molar-refractivity contribution in [2.75, 3.05) is 5.32 Å². The molecule has 2 fully saturated rings. The Labute approximate surface area is 156 Å². The molecule has 3 rings (SSSR count). The fourth-order valence-corrected chi connectivity index (χ4v) is 5.70. The second-order valence-electron chi connectivity index (χ2n) is 7.79. The lowest BCUT2D eigenvalue weighted by Gasteiger charge is -2.31. The van der Waals surface area contributed by atoms with Gasteiger partial charge in [-0.15, -0.1) is 0 Å². The van der Waals surface area contributed by atoms with E-state index < -0.39 is 10.1 Å². The first-order chi connectivity index (χ1) is 12.4. The van der Waals surface area contributed by atoms with Gasteiger partial charge >= 0.3 is 0 Å². The van der Waals surface area contributed by atoms with Gasteiger partial charge in [0.2, 0.25) is 5.91 Å². The van der Waals surface area contributed by atoms with Gasteiger partial charge in [-0.25, -0.2) is 8.42 Å². The van der Waals surface area contributed by atoms with E-state index >= 15 is 0 Å². The molecule has 0 heterocycles. The van der Waals surface area contributed by atoms with Gasteiger partial charge in [0.15, 0.2) is 0 Å². The Morgan fingerprint density at radius 3 is 1.69 bits per heavy atom. The van der Waals surface area contributed by atoms with Crippen LogP contribution in [-0.4, -0.2) is 18.9 Å². The predicted octanol–water partition coefficient (Wildman–Crippen LogP) is 4.64. The molecule has 0 saturated heterocycles. The second kappa shape index (κ2) is 8.09. The Balaban J connectivity index is 2.16. The fourth-order valence-electron chi connectivity index (χ4n) is 4.67. The minimum atomic E-state index is -4.57. The molecule has 0 aliphatic heterocycles. The molecule has 1 aromatic carbocycles. The maximum atomic E-state index is 12.3. The van der Waals surface area contributed by atoms with E-state index in [0.29, 0.717) is 16.8 Å². The fraction of sp³-hybridized carbons (Fsp3) is 0.650. The Morgan fingerprint density at radius 1 is 0.923 bits per heavy atom. The summed E-state index contributed by atoms with van der Waals surface area (Å²) in [5, 5.41) is 2.81. The predicted molar refractivity (Wildman–Crippen MR) is 100 cm³/mol. The molecule has 26 heavy (non-hydrogen) atoms. The third-order valence-corrected chi connectivity index (χ3v) is 6.78. The average Bonchev–Trinajstić information content (AvgIpc) is 2.61. The van der Waals surface area contributed by atoms with Crippen molar-refractivity contribution in [3.63, 3.8) is 0 Å². The number of hydrogen-bond donors (Lipinski definition) is 1. The third kappa shape index (κ3) is 4.46. The van der Waals surface area contributed by atoms with Crippen molar-refractivity contribution >= 4 is 21.7 Å². The van der Waals surface area contributed by atoms with Crippen molar-refractivity contribution < 1.29 is 17.8 Å². The van der Waals surface area contributed by atoms with E-state index in [4.69, 9.17) is 0 Å². The molecule has 2 aliphatic carbocycles. The van der Waals surface area contributed by atoms with Crippen LogP contribution in [0.4, 0.5) is 5.69 Å². The van der Waals surface area contributed by atoms with Crippen molar-refractivity contribution in [1.29, 1.82) is 0 Å². The number of carbonyl (C=O) groups is 1. The largest absolute Gasteiger partial charge is 0.744 e. The zero-order chi connectivity index (χ0) is 18.7. The van der Waals surface area contributed by atoms with Gasteiger partial charge in [-0.2, -0.15) is 0 Å². The number of benzene rings is 1. The first-order valence-corrected chi connectivity index (χ1v) is 11.2. The van der Waals surface area contributed by atoms with Crippen molar-refractivity contribution in [3.05, 3.63) is 23.3 Å². The molecule has 0 atom stereocenters. The summed E-state index contributed by atoms with van der Waals surface area (Å²) in [6.45, 7) is 1.44. The zero-order valence-electron chi connectivity index (χ0n) is 15.4. The Hall–Kier alpha value is -1.40. The van der Waals surface area contributed by atoms with Gasteiger partial charge in [-0.05, 0) is 60.8 Å². The number of carbonyl (C=O) groups excluding carboxylic acids is 1. The van der Waals surface area contributed by atoms with E-state index in [0.717, 1.165) is 64.2 Å². The molecule has 5 nitrogen and oxygen atoms in total. The SMILES string of the molecule is CC(=O)Nc1cc(C2CCCCC2)c(S(=O)(=O)[O-])c(C2CCCCC2)c1. The Bertz CT molecular complexity index is 721. The van der Waals surface area contributed by atoms with Crippen LogP contribution in [0.3, 0.4) is 0 Å². The molecule has 0 unspecified atom stereocenters. The van der Waals surface area contributed by atoms with Crippen LogP contribution in [0.15, 0.2) is 17.0 Å². The zero-order valence-corrected chi connectivity index (χ0v) is 16.2. The van der Waals surface area contributed by atoms with Gasteiger partial charge in [0.05, 0.1) is 4.90 Å². The molecule has 0 radical (unpaired) electrons. The van der Waals surface area contributed by atoms with Crippen LogP contribution in [-0.2, 0) is 14.9 Å². The van der Waals surface area contributed by atoms with E-state index in [1.54, 1.807) is 12.1 Å². The highest BCUT2D eigenvalue weighted by Crippen LogP contribution is 2.43. The van der Waals surface area contributed by atoms with Crippen LogP contribution in [0.25, 0.3) is 0 Å². The van der Waals surface area contributed by atoms with Gasteiger partial charge in [-0.1, -0.05) is 38.5 Å². The standard InChI is InChI=1S/C20H29NO4S/c1-14(22)21-17-12-18(15-8-4-2-5-9-15)20(26(23,24)25)19(13-17)16-10-6-3-7-11-16/h12-13,15-16H,2-11H2,1H3,(H,21,22)(H,23,24,25)/p-1. The van der Waals surface area contributed by atoms with Crippen molar-refractivity contribution in [2.24, 2.45) is 0 Å². The Morgan fingerprint density at radius 2 is 1.35 bits per heavy atom. The molecule has 0 bridgehead atoms. The Kier molecular flexibility index (Phi) is 6.03. The minimum absolute atomic E-state index is 0.00500. The topological polar surface area (TPSA) is 86.3 Å². The number of nitrogens with one attached hydrogen (secondary N) is 1. The van der Waals surface area contributed by atoms with Crippen LogP contribution >= 0.6 is 0 Å². The van der Waals surface area contributed by atoms with Crippen LogP contribution in [0, 0.1) is 0 Å². The van der Waals surface area contributed by atoms with Crippen molar-refractivity contribution in [1.82, 2.24) is 0 Å². The van der Waals surface area contributed by atoms with Crippen LogP contribution in [0.5, 0.6) is 0 Å². The van der Waals surface area contributed by atoms with Crippen molar-refractivity contribution in [2.45, 2.75) is 87.9 Å². The number of anilines is 1. The summed E-state index contributed by atoms with van der Waals surface area (Å²) in [4.78, 5) is 11.6. The number of amides is 1. The first kappa shape index (κ1) is 19.4. The molecule has 1 aromatic rings. The second-order valence-corrected chi connectivity index (χ2v) is 9.11. The van der Waals surface area contributed by atoms with Crippen LogP contribution in [0.1, 0.15) is 94.1 Å². The molecular formula is C20H28NO4S-. The van der Waals surface area contributed by atoms with Crippen LogP contribution in [0.2, 0.25) is 0 Å². The summed E-state index contributed by atoms with van der Waals surface area (Å²) < 4.78 is 36.8. The monoisotopic (exact) mass is 378 g/mol. The summed E-state index contributed by atoms with van der Waals surface area (Å²) in [7, 11) is -4.57. The average molecular weight is 379 g/mol. The summed E-state index contributed by atoms with van der Waals surface area (Å²) in [5.41, 5.74) is 1.88. The van der Waals surface area contributed by atoms with Gasteiger partial charge in [0, 0.05) is 12.6 Å². The summed E-state index contributed by atoms with van der Waals surface area (Å²) in [5.74, 6) is -0.0241. The van der Waals surface area contributed by atoms with Gasteiger partial charge in [-0.3, -0.25) is 4.79 Å². The van der Waals surface area contributed by atoms with E-state index in [1.165, 1.54) is 6.92 Å². The number of rotatable bonds is 4. The normalized spacial score (nSPS) is 20.1. The lowest BCUT2D eigenvalue weighted by molar-refractivity contribution is -0.114. The molecule has 6 heteroatoms. The molecule has 1 amide bonds. The number of hydrogen-bond acceptors (Lipinski definition) is 4.